The fourth-order valence-electron chi connectivity index (χ4n) is 4.47. The Morgan fingerprint density at radius 2 is 1.71 bits per heavy atom. The Kier molecular flexibility index (Phi) is 6.42. The number of para-hydroxylation sites is 3. The fourth-order valence-corrected chi connectivity index (χ4v) is 5.14. The Morgan fingerprint density at radius 1 is 0.947 bits per heavy atom. The minimum absolute atomic E-state index is 0.311. The molecule has 11 heteroatoms. The first-order valence-corrected chi connectivity index (χ1v) is 13.1. The van der Waals surface area contributed by atoms with Crippen molar-refractivity contribution < 1.29 is 14.0 Å². The smallest absolute Gasteiger partial charge is 0.298 e. The van der Waals surface area contributed by atoms with E-state index in [1.165, 1.54) is 0 Å². The number of nitrogens with zero attached hydrogens (tertiary/aromatic N) is 6. The second kappa shape index (κ2) is 10.2. The number of carbonyl (C=O) groups excluding carboxylic acids is 2. The first kappa shape index (κ1) is 24.0. The maximum Gasteiger partial charge on any atom is 0.298 e. The van der Waals surface area contributed by atoms with Crippen LogP contribution < -0.4 is 20.0 Å². The number of hydrogen-bond donors (Lipinski definition) is 1. The molecule has 38 heavy (non-hydrogen) atoms. The van der Waals surface area contributed by atoms with E-state index in [-0.39, 0.29) is 5.24 Å². The number of rotatable bonds is 5. The summed E-state index contributed by atoms with van der Waals surface area (Å²) in [6.07, 6.45) is 2.50. The fraction of sp³-hybridized carbons (Fsp3) is 0.222. The van der Waals surface area contributed by atoms with Crippen molar-refractivity contribution in [1.82, 2.24) is 20.3 Å². The molecule has 1 N–H and O–H groups in total. The molecule has 0 bridgehead atoms. The van der Waals surface area contributed by atoms with Crippen molar-refractivity contribution >= 4 is 63.6 Å². The molecule has 0 spiro atoms. The van der Waals surface area contributed by atoms with Gasteiger partial charge in [0.1, 0.15) is 11.3 Å². The third kappa shape index (κ3) is 4.92. The van der Waals surface area contributed by atoms with Gasteiger partial charge in [-0.3, -0.25) is 14.9 Å². The normalized spacial score (nSPS) is 17.2. The van der Waals surface area contributed by atoms with E-state index in [1.54, 1.807) is 6.08 Å². The standard InChI is InChI=1S/C27H25N7O3S/c1-32(19-8-3-2-4-9-19)23-17-18(16-22-24(35)31-27(36)38-22)28-25(30-23)33-12-7-13-34(15-14-33)26-29-20-10-5-6-11-21(20)37-26/h2-6,8-11,16-17H,7,12-15H2,1H3,(H,31,35,36). The highest BCUT2D eigenvalue weighted by Crippen LogP contribution is 2.29. The summed E-state index contributed by atoms with van der Waals surface area (Å²) in [5.74, 6) is 0.830. The summed E-state index contributed by atoms with van der Waals surface area (Å²) in [5, 5.41) is 1.91. The lowest BCUT2D eigenvalue weighted by molar-refractivity contribution is -0.115. The Morgan fingerprint density at radius 3 is 2.50 bits per heavy atom. The zero-order valence-electron chi connectivity index (χ0n) is 20.7. The molecule has 2 fully saturated rings. The summed E-state index contributed by atoms with van der Waals surface area (Å²) in [4.78, 5) is 44.8. The van der Waals surface area contributed by atoms with Crippen LogP contribution in [0, 0.1) is 0 Å². The van der Waals surface area contributed by atoms with Crippen LogP contribution in [0.25, 0.3) is 17.2 Å². The Balaban J connectivity index is 1.30. The SMILES string of the molecule is CN(c1ccccc1)c1cc(C=C2SC(=O)NC2=O)nc(N2CCCN(c3nc4ccccc4o3)CC2)n1. The summed E-state index contributed by atoms with van der Waals surface area (Å²) in [7, 11) is 1.94. The van der Waals surface area contributed by atoms with E-state index >= 15 is 0 Å². The molecule has 0 aliphatic carbocycles. The largest absolute Gasteiger partial charge is 0.423 e. The van der Waals surface area contributed by atoms with Crippen molar-refractivity contribution in [1.29, 1.82) is 0 Å². The predicted octanol–water partition coefficient (Wildman–Crippen LogP) is 4.43. The third-order valence-corrected chi connectivity index (χ3v) is 7.27. The number of aromatic nitrogens is 3. The van der Waals surface area contributed by atoms with E-state index in [9.17, 15) is 9.59 Å². The summed E-state index contributed by atoms with van der Waals surface area (Å²) in [6, 6.07) is 20.1. The molecule has 4 aromatic rings. The number of nitrogens with one attached hydrogen (secondary N) is 1. The average Bonchev–Trinajstić information content (AvgIpc) is 3.40. The number of anilines is 4. The maximum absolute atomic E-state index is 12.2. The van der Waals surface area contributed by atoms with Gasteiger partial charge in [0, 0.05) is 45.0 Å². The molecular weight excluding hydrogens is 502 g/mol. The second-order valence-corrected chi connectivity index (χ2v) is 10.0. The predicted molar refractivity (Wildman–Crippen MR) is 149 cm³/mol. The van der Waals surface area contributed by atoms with E-state index in [2.05, 4.69) is 20.1 Å². The van der Waals surface area contributed by atoms with Crippen LogP contribution in [-0.2, 0) is 4.79 Å². The van der Waals surface area contributed by atoms with Crippen LogP contribution in [0.5, 0.6) is 0 Å². The van der Waals surface area contributed by atoms with Crippen LogP contribution in [0.1, 0.15) is 12.1 Å². The zero-order valence-corrected chi connectivity index (χ0v) is 21.5. The number of imide groups is 1. The highest BCUT2D eigenvalue weighted by atomic mass is 32.2. The molecule has 10 nitrogen and oxygen atoms in total. The molecule has 0 saturated carbocycles. The molecule has 6 rings (SSSR count). The minimum Gasteiger partial charge on any atom is -0.423 e. The van der Waals surface area contributed by atoms with E-state index < -0.39 is 5.91 Å². The quantitative estimate of drug-likeness (QED) is 0.375. The maximum atomic E-state index is 12.2. The Labute approximate surface area is 223 Å². The van der Waals surface area contributed by atoms with Gasteiger partial charge in [-0.1, -0.05) is 30.3 Å². The molecule has 2 saturated heterocycles. The molecule has 0 atom stereocenters. The number of oxazole rings is 1. The van der Waals surface area contributed by atoms with Gasteiger partial charge in [0.25, 0.3) is 17.2 Å². The Bertz CT molecular complexity index is 1510. The van der Waals surface area contributed by atoms with Crippen LogP contribution in [0.3, 0.4) is 0 Å². The minimum atomic E-state index is -0.415. The summed E-state index contributed by atoms with van der Waals surface area (Å²) in [5.41, 5.74) is 3.14. The van der Waals surface area contributed by atoms with Crippen molar-refractivity contribution in [2.45, 2.75) is 6.42 Å². The number of benzene rings is 2. The van der Waals surface area contributed by atoms with Gasteiger partial charge in [0.15, 0.2) is 5.58 Å². The van der Waals surface area contributed by atoms with Crippen molar-refractivity contribution in [3.8, 4) is 0 Å². The number of amides is 2. The number of fused-ring (bicyclic) bond motifs is 1. The molecular formula is C27H25N7O3S. The third-order valence-electron chi connectivity index (χ3n) is 6.46. The van der Waals surface area contributed by atoms with Crippen LogP contribution in [0.15, 0.2) is 70.0 Å². The number of thioether (sulfide) groups is 1. The van der Waals surface area contributed by atoms with E-state index in [1.807, 2.05) is 72.6 Å². The lowest BCUT2D eigenvalue weighted by Crippen LogP contribution is -2.32. The lowest BCUT2D eigenvalue weighted by atomic mass is 10.2. The van der Waals surface area contributed by atoms with Crippen molar-refractivity contribution in [3.05, 3.63) is 71.3 Å². The van der Waals surface area contributed by atoms with Crippen LogP contribution >= 0.6 is 11.8 Å². The molecule has 4 heterocycles. The van der Waals surface area contributed by atoms with Gasteiger partial charge >= 0.3 is 0 Å². The van der Waals surface area contributed by atoms with Crippen molar-refractivity contribution in [3.63, 3.8) is 0 Å². The highest BCUT2D eigenvalue weighted by Gasteiger charge is 2.26. The molecule has 2 aromatic heterocycles. The van der Waals surface area contributed by atoms with Crippen LogP contribution in [0.2, 0.25) is 0 Å². The van der Waals surface area contributed by atoms with Crippen LogP contribution in [-0.4, -0.2) is 59.3 Å². The molecule has 0 radical (unpaired) electrons. The average molecular weight is 528 g/mol. The molecule has 192 valence electrons. The highest BCUT2D eigenvalue weighted by molar-refractivity contribution is 8.18. The van der Waals surface area contributed by atoms with Gasteiger partial charge in [-0.2, -0.15) is 9.97 Å². The monoisotopic (exact) mass is 527 g/mol. The van der Waals surface area contributed by atoms with E-state index in [0.29, 0.717) is 41.5 Å². The van der Waals surface area contributed by atoms with Gasteiger partial charge in [-0.05, 0) is 48.5 Å². The van der Waals surface area contributed by atoms with E-state index in [0.717, 1.165) is 48.1 Å². The summed E-state index contributed by atoms with van der Waals surface area (Å²) < 4.78 is 6.00. The van der Waals surface area contributed by atoms with Gasteiger partial charge in [0.05, 0.1) is 10.6 Å². The van der Waals surface area contributed by atoms with Gasteiger partial charge < -0.3 is 19.1 Å². The number of carbonyl (C=O) groups is 2. The first-order valence-electron chi connectivity index (χ1n) is 12.3. The van der Waals surface area contributed by atoms with Crippen LogP contribution in [0.4, 0.5) is 28.3 Å². The molecule has 2 aliphatic heterocycles. The number of hydrogen-bond acceptors (Lipinski definition) is 10. The first-order chi connectivity index (χ1) is 18.5. The second-order valence-electron chi connectivity index (χ2n) is 8.99. The van der Waals surface area contributed by atoms with E-state index in [4.69, 9.17) is 14.4 Å². The summed E-state index contributed by atoms with van der Waals surface area (Å²) >= 11 is 0.873. The Hall–Kier alpha value is -4.38. The molecule has 2 aromatic carbocycles. The van der Waals surface area contributed by atoms with Gasteiger partial charge in [-0.15, -0.1) is 0 Å². The topological polar surface area (TPSA) is 108 Å². The van der Waals surface area contributed by atoms with Crippen molar-refractivity contribution in [2.75, 3.05) is 47.9 Å². The molecule has 0 unspecified atom stereocenters. The summed E-state index contributed by atoms with van der Waals surface area (Å²) in [6.45, 7) is 2.90. The molecule has 2 amide bonds. The zero-order chi connectivity index (χ0) is 26.1. The molecule has 2 aliphatic rings. The van der Waals surface area contributed by atoms with Crippen molar-refractivity contribution in [2.24, 2.45) is 0 Å². The lowest BCUT2D eigenvalue weighted by Gasteiger charge is -2.24. The van der Waals surface area contributed by atoms with Gasteiger partial charge in [-0.25, -0.2) is 4.98 Å². The van der Waals surface area contributed by atoms with Gasteiger partial charge in [0.2, 0.25) is 5.95 Å².